The number of amides is 4. The molecule has 0 aliphatic carbocycles. The molecular formula is C10H7FN2O4. The van der Waals surface area contributed by atoms with Gasteiger partial charge in [-0.1, -0.05) is 18.2 Å². The van der Waals surface area contributed by atoms with Gasteiger partial charge >= 0.3 is 17.8 Å². The molecule has 1 heterocycles. The van der Waals surface area contributed by atoms with E-state index >= 15 is 0 Å². The minimum atomic E-state index is -1.12. The van der Waals surface area contributed by atoms with E-state index in [0.717, 1.165) is 0 Å². The second-order valence-corrected chi connectivity index (χ2v) is 3.22. The summed E-state index contributed by atoms with van der Waals surface area (Å²) in [5, 5.41) is 2.02. The molecule has 0 spiro atoms. The Morgan fingerprint density at radius 3 is 2.53 bits per heavy atom. The van der Waals surface area contributed by atoms with E-state index in [4.69, 9.17) is 4.84 Å². The standard InChI is InChI=1S/C10H7FN2O4/c11-7-4-2-1-3-6(7)5-17-13-9(15)8(14)12-10(13)16/h1-4H,5H2,(H,12,14,16). The Labute approximate surface area is 94.9 Å². The van der Waals surface area contributed by atoms with E-state index in [0.29, 0.717) is 0 Å². The molecule has 0 saturated carbocycles. The molecule has 7 heteroatoms. The molecule has 1 aliphatic heterocycles. The number of hydroxylamine groups is 2. The SMILES string of the molecule is O=C1NC(=O)N(OCc2ccccc2F)C1=O. The zero-order valence-electron chi connectivity index (χ0n) is 8.47. The van der Waals surface area contributed by atoms with Crippen LogP contribution >= 0.6 is 0 Å². The molecule has 1 aromatic carbocycles. The maximum Gasteiger partial charge on any atom is 0.356 e. The molecule has 17 heavy (non-hydrogen) atoms. The Morgan fingerprint density at radius 1 is 1.24 bits per heavy atom. The average molecular weight is 238 g/mol. The highest BCUT2D eigenvalue weighted by Crippen LogP contribution is 2.10. The van der Waals surface area contributed by atoms with E-state index in [1.54, 1.807) is 11.4 Å². The van der Waals surface area contributed by atoms with E-state index in [1.807, 2.05) is 0 Å². The second-order valence-electron chi connectivity index (χ2n) is 3.22. The molecule has 0 radical (unpaired) electrons. The van der Waals surface area contributed by atoms with Gasteiger partial charge in [0, 0.05) is 5.56 Å². The monoisotopic (exact) mass is 238 g/mol. The number of nitrogens with zero attached hydrogens (tertiary/aromatic N) is 1. The summed E-state index contributed by atoms with van der Waals surface area (Å²) in [7, 11) is 0. The van der Waals surface area contributed by atoms with Crippen LogP contribution < -0.4 is 5.32 Å². The van der Waals surface area contributed by atoms with Gasteiger partial charge in [-0.2, -0.15) is 0 Å². The Bertz CT molecular complexity index is 503. The first-order valence-electron chi connectivity index (χ1n) is 4.65. The molecule has 0 atom stereocenters. The van der Waals surface area contributed by atoms with Crippen LogP contribution in [0.25, 0.3) is 0 Å². The van der Waals surface area contributed by atoms with Crippen molar-refractivity contribution in [3.63, 3.8) is 0 Å². The van der Waals surface area contributed by atoms with Crippen LogP contribution in [0.15, 0.2) is 24.3 Å². The van der Waals surface area contributed by atoms with Crippen LogP contribution in [0, 0.1) is 5.82 Å². The highest BCUT2D eigenvalue weighted by Gasteiger charge is 2.38. The molecular weight excluding hydrogens is 231 g/mol. The van der Waals surface area contributed by atoms with Gasteiger partial charge in [-0.25, -0.2) is 9.18 Å². The first-order valence-corrected chi connectivity index (χ1v) is 4.65. The summed E-state index contributed by atoms with van der Waals surface area (Å²) >= 11 is 0. The van der Waals surface area contributed by atoms with Crippen molar-refractivity contribution in [1.29, 1.82) is 0 Å². The van der Waals surface area contributed by atoms with Crippen LogP contribution in [0.2, 0.25) is 0 Å². The van der Waals surface area contributed by atoms with Crippen molar-refractivity contribution in [2.75, 3.05) is 0 Å². The highest BCUT2D eigenvalue weighted by molar-refractivity contribution is 6.44. The Hall–Kier alpha value is -2.28. The number of rotatable bonds is 3. The fourth-order valence-electron chi connectivity index (χ4n) is 1.25. The smallest absolute Gasteiger partial charge is 0.267 e. The number of hydrogen-bond acceptors (Lipinski definition) is 4. The normalized spacial score (nSPS) is 15.4. The molecule has 0 bridgehead atoms. The Kier molecular flexibility index (Phi) is 2.84. The van der Waals surface area contributed by atoms with Crippen molar-refractivity contribution in [1.82, 2.24) is 10.4 Å². The average Bonchev–Trinajstić information content (AvgIpc) is 2.53. The zero-order chi connectivity index (χ0) is 12.4. The molecule has 0 aromatic heterocycles. The van der Waals surface area contributed by atoms with E-state index in [2.05, 4.69) is 0 Å². The number of urea groups is 1. The largest absolute Gasteiger partial charge is 0.356 e. The van der Waals surface area contributed by atoms with Crippen LogP contribution in [0.3, 0.4) is 0 Å². The lowest BCUT2D eigenvalue weighted by atomic mass is 10.2. The quantitative estimate of drug-likeness (QED) is 0.608. The first-order chi connectivity index (χ1) is 8.09. The summed E-state index contributed by atoms with van der Waals surface area (Å²) in [5.74, 6) is -2.71. The van der Waals surface area contributed by atoms with Crippen LogP contribution in [0.5, 0.6) is 0 Å². The topological polar surface area (TPSA) is 75.7 Å². The van der Waals surface area contributed by atoms with Gasteiger partial charge in [-0.3, -0.25) is 19.7 Å². The van der Waals surface area contributed by atoms with E-state index in [1.165, 1.54) is 18.2 Å². The predicted molar refractivity (Wildman–Crippen MR) is 51.6 cm³/mol. The fourth-order valence-corrected chi connectivity index (χ4v) is 1.25. The zero-order valence-corrected chi connectivity index (χ0v) is 8.47. The lowest BCUT2D eigenvalue weighted by molar-refractivity contribution is -0.169. The molecule has 88 valence electrons. The van der Waals surface area contributed by atoms with Crippen LogP contribution in [0.1, 0.15) is 5.56 Å². The fraction of sp³-hybridized carbons (Fsp3) is 0.100. The summed E-state index contributed by atoms with van der Waals surface area (Å²) in [4.78, 5) is 37.7. The molecule has 1 N–H and O–H groups in total. The summed E-state index contributed by atoms with van der Waals surface area (Å²) < 4.78 is 13.2. The number of hydrogen-bond donors (Lipinski definition) is 1. The minimum absolute atomic E-state index is 0.174. The number of imide groups is 2. The minimum Gasteiger partial charge on any atom is -0.267 e. The third-order valence-corrected chi connectivity index (χ3v) is 2.09. The highest BCUT2D eigenvalue weighted by atomic mass is 19.1. The number of halogens is 1. The van der Waals surface area contributed by atoms with Gasteiger partial charge in [0.1, 0.15) is 12.4 Å². The third-order valence-electron chi connectivity index (χ3n) is 2.09. The molecule has 1 aromatic rings. The molecule has 1 fully saturated rings. The van der Waals surface area contributed by atoms with E-state index < -0.39 is 23.7 Å². The molecule has 0 unspecified atom stereocenters. The summed E-state index contributed by atoms with van der Waals surface area (Å²) in [5.41, 5.74) is 0.174. The van der Waals surface area contributed by atoms with Crippen molar-refractivity contribution >= 4 is 17.8 Å². The van der Waals surface area contributed by atoms with Gasteiger partial charge in [0.2, 0.25) is 0 Å². The van der Waals surface area contributed by atoms with Crippen molar-refractivity contribution in [3.05, 3.63) is 35.6 Å². The van der Waals surface area contributed by atoms with Gasteiger partial charge in [0.25, 0.3) is 0 Å². The van der Waals surface area contributed by atoms with Gasteiger partial charge in [-0.15, -0.1) is 5.06 Å². The van der Waals surface area contributed by atoms with Gasteiger partial charge < -0.3 is 0 Å². The summed E-state index contributed by atoms with van der Waals surface area (Å²) in [6, 6.07) is 4.76. The van der Waals surface area contributed by atoms with Crippen LogP contribution in [0.4, 0.5) is 9.18 Å². The number of carbonyl (C=O) groups is 3. The summed E-state index contributed by atoms with van der Waals surface area (Å²) in [6.45, 7) is -0.320. The maximum atomic E-state index is 13.2. The third kappa shape index (κ3) is 2.13. The van der Waals surface area contributed by atoms with Crippen molar-refractivity contribution < 1.29 is 23.6 Å². The Morgan fingerprint density at radius 2 is 1.94 bits per heavy atom. The van der Waals surface area contributed by atoms with Crippen molar-refractivity contribution in [2.24, 2.45) is 0 Å². The van der Waals surface area contributed by atoms with Crippen LogP contribution in [-0.4, -0.2) is 22.9 Å². The number of nitrogens with one attached hydrogen (secondary N) is 1. The lowest BCUT2D eigenvalue weighted by Gasteiger charge is -2.11. The number of benzene rings is 1. The van der Waals surface area contributed by atoms with E-state index in [-0.39, 0.29) is 17.2 Å². The first kappa shape index (κ1) is 11.2. The van der Waals surface area contributed by atoms with Gasteiger partial charge in [0.15, 0.2) is 0 Å². The number of carbonyl (C=O) groups excluding carboxylic acids is 3. The van der Waals surface area contributed by atoms with Gasteiger partial charge in [-0.05, 0) is 6.07 Å². The van der Waals surface area contributed by atoms with E-state index in [9.17, 15) is 18.8 Å². The van der Waals surface area contributed by atoms with Crippen molar-refractivity contribution in [2.45, 2.75) is 6.61 Å². The second kappa shape index (κ2) is 4.30. The molecule has 6 nitrogen and oxygen atoms in total. The Balaban J connectivity index is 2.04. The molecule has 4 amide bonds. The predicted octanol–water partition coefficient (Wildman–Crippen LogP) is 0.336. The molecule has 1 saturated heterocycles. The van der Waals surface area contributed by atoms with Crippen molar-refractivity contribution in [3.8, 4) is 0 Å². The van der Waals surface area contributed by atoms with Crippen LogP contribution in [-0.2, 0) is 21.0 Å². The maximum absolute atomic E-state index is 13.2. The molecule has 1 aliphatic rings. The van der Waals surface area contributed by atoms with Gasteiger partial charge in [0.05, 0.1) is 0 Å². The lowest BCUT2D eigenvalue weighted by Crippen LogP contribution is -2.31. The summed E-state index contributed by atoms with van der Waals surface area (Å²) in [6.07, 6.45) is 0. The molecule has 2 rings (SSSR count).